The maximum absolute atomic E-state index is 11.4. The Morgan fingerprint density at radius 1 is 1.15 bits per heavy atom. The monoisotopic (exact) mass is 351 g/mol. The summed E-state index contributed by atoms with van der Waals surface area (Å²) >= 11 is 0. The average molecular weight is 351 g/mol. The van der Waals surface area contributed by atoms with Gasteiger partial charge in [0.2, 0.25) is 0 Å². The number of pyridine rings is 1. The van der Waals surface area contributed by atoms with Crippen LogP contribution in [0.1, 0.15) is 36.1 Å². The number of carbonyl (C=O) groups excluding carboxylic acids is 1. The summed E-state index contributed by atoms with van der Waals surface area (Å²) in [4.78, 5) is 18.7. The number of ether oxygens (including phenoxy) is 1. The first-order valence-electron chi connectivity index (χ1n) is 9.43. The highest BCUT2D eigenvalue weighted by Gasteiger charge is 2.21. The van der Waals surface area contributed by atoms with E-state index < -0.39 is 0 Å². The Morgan fingerprint density at radius 3 is 2.65 bits per heavy atom. The summed E-state index contributed by atoms with van der Waals surface area (Å²) in [7, 11) is 1.42. The first-order valence-corrected chi connectivity index (χ1v) is 9.43. The zero-order valence-corrected chi connectivity index (χ0v) is 15.3. The van der Waals surface area contributed by atoms with Gasteiger partial charge in [0.25, 0.3) is 0 Å². The van der Waals surface area contributed by atoms with E-state index >= 15 is 0 Å². The van der Waals surface area contributed by atoms with Crippen molar-refractivity contribution in [2.75, 3.05) is 30.4 Å². The maximum Gasteiger partial charge on any atom is 0.309 e. The van der Waals surface area contributed by atoms with Gasteiger partial charge in [-0.15, -0.1) is 0 Å². The van der Waals surface area contributed by atoms with Crippen LogP contribution < -0.4 is 10.2 Å². The number of nitrogens with zero attached hydrogens (tertiary/aromatic N) is 2. The number of hydrogen-bond acceptors (Lipinski definition) is 5. The van der Waals surface area contributed by atoms with Crippen molar-refractivity contribution in [2.24, 2.45) is 0 Å². The normalized spacial score (nSPS) is 15.8. The lowest BCUT2D eigenvalue weighted by Gasteiger charge is -2.20. The topological polar surface area (TPSA) is 54.5 Å². The Hall–Kier alpha value is -2.56. The molecule has 5 nitrogen and oxygen atoms in total. The van der Waals surface area contributed by atoms with E-state index in [1.165, 1.54) is 43.3 Å². The zero-order chi connectivity index (χ0) is 17.9. The molecule has 2 heterocycles. The van der Waals surface area contributed by atoms with Crippen LogP contribution in [0.3, 0.4) is 0 Å². The van der Waals surface area contributed by atoms with E-state index in [2.05, 4.69) is 16.3 Å². The predicted molar refractivity (Wildman–Crippen MR) is 103 cm³/mol. The molecule has 0 atom stereocenters. The Kier molecular flexibility index (Phi) is 4.78. The second kappa shape index (κ2) is 7.36. The third-order valence-electron chi connectivity index (χ3n) is 5.28. The molecule has 1 saturated heterocycles. The number of anilines is 3. The Bertz CT molecular complexity index is 796. The van der Waals surface area contributed by atoms with E-state index in [9.17, 15) is 4.79 Å². The van der Waals surface area contributed by atoms with Crippen LogP contribution in [0.4, 0.5) is 17.2 Å². The molecule has 0 radical (unpaired) electrons. The van der Waals surface area contributed by atoms with Crippen molar-refractivity contribution in [1.29, 1.82) is 0 Å². The lowest BCUT2D eigenvalue weighted by molar-refractivity contribution is -0.139. The molecule has 1 aliphatic carbocycles. The molecule has 1 N–H and O–H groups in total. The standard InChI is InChI=1S/C21H25N3O2/c1-26-21(25)13-15-7-9-16(10-8-15)22-19-14-20(24-11-2-3-12-24)23-18-6-4-5-17(18)19/h7-10,14H,2-6,11-13H2,1H3,(H,22,23). The number of benzene rings is 1. The van der Waals surface area contributed by atoms with Crippen molar-refractivity contribution >= 4 is 23.2 Å². The van der Waals surface area contributed by atoms with Gasteiger partial charge in [-0.25, -0.2) is 4.98 Å². The van der Waals surface area contributed by atoms with Gasteiger partial charge >= 0.3 is 5.97 Å². The van der Waals surface area contributed by atoms with Gasteiger partial charge in [0.05, 0.1) is 13.5 Å². The largest absolute Gasteiger partial charge is 0.469 e. The molecule has 26 heavy (non-hydrogen) atoms. The molecule has 0 saturated carbocycles. The van der Waals surface area contributed by atoms with Gasteiger partial charge in [0.1, 0.15) is 5.82 Å². The number of aryl methyl sites for hydroxylation is 1. The molecule has 2 aromatic rings. The van der Waals surface area contributed by atoms with Crippen molar-refractivity contribution < 1.29 is 9.53 Å². The molecule has 1 aliphatic heterocycles. The van der Waals surface area contributed by atoms with Crippen LogP contribution in [0.15, 0.2) is 30.3 Å². The lowest BCUT2D eigenvalue weighted by Crippen LogP contribution is -2.19. The van der Waals surface area contributed by atoms with Crippen LogP contribution in [-0.2, 0) is 28.8 Å². The van der Waals surface area contributed by atoms with Gasteiger partial charge in [-0.1, -0.05) is 12.1 Å². The number of methoxy groups -OCH3 is 1. The van der Waals surface area contributed by atoms with Crippen LogP contribution in [0, 0.1) is 0 Å². The van der Waals surface area contributed by atoms with Crippen LogP contribution in [0.25, 0.3) is 0 Å². The Morgan fingerprint density at radius 2 is 1.92 bits per heavy atom. The lowest BCUT2D eigenvalue weighted by atomic mass is 10.1. The van der Waals surface area contributed by atoms with Gasteiger partial charge in [-0.05, 0) is 55.4 Å². The molecule has 5 heteroatoms. The second-order valence-corrected chi connectivity index (χ2v) is 7.08. The summed E-state index contributed by atoms with van der Waals surface area (Å²) in [5.74, 6) is 0.890. The fraction of sp³-hybridized carbons (Fsp3) is 0.429. The Labute approximate surface area is 154 Å². The minimum absolute atomic E-state index is 0.215. The molecule has 0 bridgehead atoms. The maximum atomic E-state index is 11.4. The van der Waals surface area contributed by atoms with Crippen LogP contribution in [0.5, 0.6) is 0 Å². The summed E-state index contributed by atoms with van der Waals surface area (Å²) in [6.45, 7) is 2.21. The molecule has 1 fully saturated rings. The number of aromatic nitrogens is 1. The minimum Gasteiger partial charge on any atom is -0.469 e. The van der Waals surface area contributed by atoms with E-state index in [1.54, 1.807) is 0 Å². The first kappa shape index (κ1) is 16.9. The highest BCUT2D eigenvalue weighted by atomic mass is 16.5. The van der Waals surface area contributed by atoms with Crippen molar-refractivity contribution in [2.45, 2.75) is 38.5 Å². The molecular formula is C21H25N3O2. The highest BCUT2D eigenvalue weighted by Crippen LogP contribution is 2.34. The van der Waals surface area contributed by atoms with E-state index in [0.717, 1.165) is 43.0 Å². The van der Waals surface area contributed by atoms with Gasteiger partial charge in [0, 0.05) is 36.2 Å². The SMILES string of the molecule is COC(=O)Cc1ccc(Nc2cc(N3CCCC3)nc3c2CCC3)cc1. The first-order chi connectivity index (χ1) is 12.7. The number of rotatable bonds is 5. The molecule has 136 valence electrons. The van der Waals surface area contributed by atoms with Crippen molar-refractivity contribution in [3.8, 4) is 0 Å². The smallest absolute Gasteiger partial charge is 0.309 e. The number of nitrogens with one attached hydrogen (secondary N) is 1. The van der Waals surface area contributed by atoms with Crippen molar-refractivity contribution in [3.05, 3.63) is 47.2 Å². The van der Waals surface area contributed by atoms with E-state index in [4.69, 9.17) is 9.72 Å². The number of fused-ring (bicyclic) bond motifs is 1. The van der Waals surface area contributed by atoms with Crippen LogP contribution >= 0.6 is 0 Å². The fourth-order valence-corrected chi connectivity index (χ4v) is 3.85. The summed E-state index contributed by atoms with van der Waals surface area (Å²) in [5.41, 5.74) is 5.77. The summed E-state index contributed by atoms with van der Waals surface area (Å²) < 4.78 is 4.73. The third-order valence-corrected chi connectivity index (χ3v) is 5.28. The minimum atomic E-state index is -0.215. The number of hydrogen-bond donors (Lipinski definition) is 1. The van der Waals surface area contributed by atoms with Crippen molar-refractivity contribution in [3.63, 3.8) is 0 Å². The van der Waals surface area contributed by atoms with E-state index in [-0.39, 0.29) is 5.97 Å². The molecule has 4 rings (SSSR count). The number of carbonyl (C=O) groups is 1. The number of esters is 1. The highest BCUT2D eigenvalue weighted by molar-refractivity contribution is 5.73. The summed E-state index contributed by atoms with van der Waals surface area (Å²) in [5, 5.41) is 3.58. The van der Waals surface area contributed by atoms with Gasteiger partial charge in [-0.3, -0.25) is 4.79 Å². The zero-order valence-electron chi connectivity index (χ0n) is 15.3. The molecule has 2 aliphatic rings. The average Bonchev–Trinajstić information content (AvgIpc) is 3.34. The molecule has 0 spiro atoms. The molecule has 1 aromatic carbocycles. The Balaban J connectivity index is 1.56. The second-order valence-electron chi connectivity index (χ2n) is 7.08. The molecule has 0 unspecified atom stereocenters. The summed E-state index contributed by atoms with van der Waals surface area (Å²) in [6, 6.07) is 10.2. The van der Waals surface area contributed by atoms with Gasteiger partial charge in [0.15, 0.2) is 0 Å². The fourth-order valence-electron chi connectivity index (χ4n) is 3.85. The van der Waals surface area contributed by atoms with Gasteiger partial charge < -0.3 is 15.0 Å². The molecular weight excluding hydrogens is 326 g/mol. The molecule has 1 aromatic heterocycles. The van der Waals surface area contributed by atoms with Crippen LogP contribution in [-0.4, -0.2) is 31.2 Å². The van der Waals surface area contributed by atoms with Crippen LogP contribution in [0.2, 0.25) is 0 Å². The quantitative estimate of drug-likeness (QED) is 0.834. The van der Waals surface area contributed by atoms with E-state index in [1.807, 2.05) is 24.3 Å². The predicted octanol–water partition coefficient (Wildman–Crippen LogP) is 3.63. The van der Waals surface area contributed by atoms with Crippen molar-refractivity contribution in [1.82, 2.24) is 4.98 Å². The third kappa shape index (κ3) is 3.52. The summed E-state index contributed by atoms with van der Waals surface area (Å²) in [6.07, 6.45) is 6.15. The molecule has 0 amide bonds. The van der Waals surface area contributed by atoms with Gasteiger partial charge in [-0.2, -0.15) is 0 Å². The van der Waals surface area contributed by atoms with E-state index in [0.29, 0.717) is 6.42 Å².